The van der Waals surface area contributed by atoms with Crippen LogP contribution in [0.25, 0.3) is 0 Å². The molecule has 0 saturated heterocycles. The molecule has 0 atom stereocenters. The van der Waals surface area contributed by atoms with Crippen LogP contribution < -0.4 is 5.73 Å². The van der Waals surface area contributed by atoms with E-state index in [0.29, 0.717) is 0 Å². The zero-order valence-corrected chi connectivity index (χ0v) is 8.88. The second-order valence-electron chi connectivity index (χ2n) is 2.92. The standard InChI is InChI=1S/C6H14N2O.2ClH/c1-6(2,7)5(9)8(3)4;;/h7H2,1-4H3;2*1H. The zero-order chi connectivity index (χ0) is 7.65. The molecule has 0 aliphatic carbocycles. The maximum Gasteiger partial charge on any atom is 0.241 e. The number of hydrogen-bond acceptors (Lipinski definition) is 2. The van der Waals surface area contributed by atoms with E-state index < -0.39 is 5.54 Å². The molecule has 0 aliphatic heterocycles. The molecular formula is C6H16Cl2N2O. The van der Waals surface area contributed by atoms with E-state index in [1.807, 2.05) is 0 Å². The molecule has 0 fully saturated rings. The van der Waals surface area contributed by atoms with Crippen LogP contribution in [0.1, 0.15) is 13.8 Å². The normalized spacial score (nSPS) is 9.18. The number of nitrogens with zero attached hydrogens (tertiary/aromatic N) is 1. The molecule has 0 unspecified atom stereocenters. The molecular weight excluding hydrogens is 187 g/mol. The predicted octanol–water partition coefficient (Wildman–Crippen LogP) is 0.655. The van der Waals surface area contributed by atoms with E-state index in [0.717, 1.165) is 0 Å². The first-order valence-electron chi connectivity index (χ1n) is 2.86. The van der Waals surface area contributed by atoms with Crippen molar-refractivity contribution >= 4 is 30.7 Å². The molecule has 1 amide bonds. The summed E-state index contributed by atoms with van der Waals surface area (Å²) in [5, 5.41) is 0. The number of amides is 1. The fourth-order valence-corrected chi connectivity index (χ4v) is 0.576. The van der Waals surface area contributed by atoms with Crippen molar-refractivity contribution in [2.24, 2.45) is 5.73 Å². The lowest BCUT2D eigenvalue weighted by Crippen LogP contribution is -2.48. The molecule has 70 valence electrons. The number of rotatable bonds is 1. The van der Waals surface area contributed by atoms with Crippen molar-refractivity contribution in [2.75, 3.05) is 14.1 Å². The van der Waals surface area contributed by atoms with Crippen molar-refractivity contribution in [3.05, 3.63) is 0 Å². The Kier molecular flexibility index (Phi) is 8.81. The second kappa shape index (κ2) is 5.63. The Labute approximate surface area is 80.1 Å². The van der Waals surface area contributed by atoms with Gasteiger partial charge in [-0.15, -0.1) is 24.8 Å². The highest BCUT2D eigenvalue weighted by atomic mass is 35.5. The van der Waals surface area contributed by atoms with Crippen molar-refractivity contribution in [2.45, 2.75) is 19.4 Å². The quantitative estimate of drug-likeness (QED) is 0.680. The third-order valence-electron chi connectivity index (χ3n) is 0.957. The summed E-state index contributed by atoms with van der Waals surface area (Å²) in [7, 11) is 3.38. The number of nitrogens with two attached hydrogens (primary N) is 1. The van der Waals surface area contributed by atoms with Gasteiger partial charge in [-0.1, -0.05) is 0 Å². The van der Waals surface area contributed by atoms with Crippen molar-refractivity contribution < 1.29 is 4.79 Å². The molecule has 0 heterocycles. The highest BCUT2D eigenvalue weighted by Crippen LogP contribution is 1.99. The molecule has 0 spiro atoms. The van der Waals surface area contributed by atoms with E-state index in [1.54, 1.807) is 27.9 Å². The average molecular weight is 203 g/mol. The molecule has 0 rings (SSSR count). The van der Waals surface area contributed by atoms with Gasteiger partial charge in [0.05, 0.1) is 5.54 Å². The minimum absolute atomic E-state index is 0. The maximum absolute atomic E-state index is 11.0. The van der Waals surface area contributed by atoms with E-state index in [2.05, 4.69) is 0 Å². The van der Waals surface area contributed by atoms with E-state index >= 15 is 0 Å². The SMILES string of the molecule is CN(C)C(=O)C(C)(C)N.Cl.Cl. The summed E-state index contributed by atoms with van der Waals surface area (Å²) in [6, 6.07) is 0. The lowest BCUT2D eigenvalue weighted by atomic mass is 10.1. The minimum Gasteiger partial charge on any atom is -0.347 e. The number of hydrogen-bond donors (Lipinski definition) is 1. The lowest BCUT2D eigenvalue weighted by Gasteiger charge is -2.21. The lowest BCUT2D eigenvalue weighted by molar-refractivity contribution is -0.133. The summed E-state index contributed by atoms with van der Waals surface area (Å²) in [4.78, 5) is 12.5. The van der Waals surface area contributed by atoms with E-state index in [4.69, 9.17) is 5.73 Å². The largest absolute Gasteiger partial charge is 0.347 e. The number of likely N-dealkylation sites (N-methyl/N-ethyl adjacent to an activating group) is 1. The van der Waals surface area contributed by atoms with Crippen LogP contribution in [0.15, 0.2) is 0 Å². The fraction of sp³-hybridized carbons (Fsp3) is 0.833. The van der Waals surface area contributed by atoms with Crippen molar-refractivity contribution in [1.29, 1.82) is 0 Å². The van der Waals surface area contributed by atoms with Gasteiger partial charge < -0.3 is 10.6 Å². The summed E-state index contributed by atoms with van der Waals surface area (Å²) in [5.74, 6) is -0.0532. The van der Waals surface area contributed by atoms with Gasteiger partial charge in [0.15, 0.2) is 0 Å². The molecule has 0 bridgehead atoms. The van der Waals surface area contributed by atoms with Gasteiger partial charge in [-0.2, -0.15) is 0 Å². The van der Waals surface area contributed by atoms with Gasteiger partial charge in [0.1, 0.15) is 0 Å². The van der Waals surface area contributed by atoms with Gasteiger partial charge >= 0.3 is 0 Å². The Morgan fingerprint density at radius 1 is 1.27 bits per heavy atom. The summed E-state index contributed by atoms with van der Waals surface area (Å²) >= 11 is 0. The first kappa shape index (κ1) is 17.2. The van der Waals surface area contributed by atoms with E-state index in [9.17, 15) is 4.79 Å². The molecule has 5 heteroatoms. The predicted molar refractivity (Wildman–Crippen MR) is 51.5 cm³/mol. The number of halogens is 2. The third-order valence-corrected chi connectivity index (χ3v) is 0.957. The third kappa shape index (κ3) is 6.41. The molecule has 11 heavy (non-hydrogen) atoms. The number of carbonyl (C=O) groups excluding carboxylic acids is 1. The smallest absolute Gasteiger partial charge is 0.241 e. The fourth-order valence-electron chi connectivity index (χ4n) is 0.576. The zero-order valence-electron chi connectivity index (χ0n) is 7.25. The van der Waals surface area contributed by atoms with Gasteiger partial charge in [-0.3, -0.25) is 4.79 Å². The Morgan fingerprint density at radius 2 is 1.55 bits per heavy atom. The molecule has 0 aromatic heterocycles. The van der Waals surface area contributed by atoms with E-state index in [-0.39, 0.29) is 30.7 Å². The summed E-state index contributed by atoms with van der Waals surface area (Å²) in [6.45, 7) is 3.38. The van der Waals surface area contributed by atoms with Crippen LogP contribution in [-0.4, -0.2) is 30.4 Å². The molecule has 0 aromatic rings. The van der Waals surface area contributed by atoms with E-state index in [1.165, 1.54) is 4.90 Å². The van der Waals surface area contributed by atoms with Gasteiger partial charge in [0, 0.05) is 14.1 Å². The molecule has 0 saturated carbocycles. The first-order valence-corrected chi connectivity index (χ1v) is 2.86. The van der Waals surface area contributed by atoms with Crippen LogP contribution in [0.2, 0.25) is 0 Å². The molecule has 0 aliphatic rings. The minimum atomic E-state index is -0.733. The van der Waals surface area contributed by atoms with Gasteiger partial charge in [0.25, 0.3) is 0 Å². The topological polar surface area (TPSA) is 46.3 Å². The van der Waals surface area contributed by atoms with Crippen LogP contribution >= 0.6 is 24.8 Å². The molecule has 0 aromatic carbocycles. The summed E-state index contributed by atoms with van der Waals surface area (Å²) < 4.78 is 0. The summed E-state index contributed by atoms with van der Waals surface area (Å²) in [6.07, 6.45) is 0. The Hall–Kier alpha value is 0.01000. The van der Waals surface area contributed by atoms with Crippen LogP contribution in [-0.2, 0) is 4.79 Å². The second-order valence-corrected chi connectivity index (χ2v) is 2.92. The number of carbonyl (C=O) groups is 1. The monoisotopic (exact) mass is 202 g/mol. The Bertz CT molecular complexity index is 120. The van der Waals surface area contributed by atoms with Crippen LogP contribution in [0.3, 0.4) is 0 Å². The Morgan fingerprint density at radius 3 is 1.55 bits per heavy atom. The summed E-state index contributed by atoms with van der Waals surface area (Å²) in [5.41, 5.74) is 4.76. The van der Waals surface area contributed by atoms with Gasteiger partial charge in [-0.05, 0) is 13.8 Å². The molecule has 3 nitrogen and oxygen atoms in total. The van der Waals surface area contributed by atoms with Crippen molar-refractivity contribution in [3.63, 3.8) is 0 Å². The van der Waals surface area contributed by atoms with Crippen molar-refractivity contribution in [3.8, 4) is 0 Å². The van der Waals surface area contributed by atoms with Crippen LogP contribution in [0.4, 0.5) is 0 Å². The van der Waals surface area contributed by atoms with Crippen LogP contribution in [0.5, 0.6) is 0 Å². The molecule has 0 radical (unpaired) electrons. The average Bonchev–Trinajstić information content (AvgIpc) is 1.62. The van der Waals surface area contributed by atoms with Crippen LogP contribution in [0, 0.1) is 0 Å². The Balaban J connectivity index is -0.000000320. The van der Waals surface area contributed by atoms with Crippen molar-refractivity contribution in [1.82, 2.24) is 4.90 Å². The highest BCUT2D eigenvalue weighted by Gasteiger charge is 2.22. The molecule has 2 N–H and O–H groups in total. The van der Waals surface area contributed by atoms with Gasteiger partial charge in [-0.25, -0.2) is 0 Å². The maximum atomic E-state index is 11.0. The highest BCUT2D eigenvalue weighted by molar-refractivity contribution is 5.85. The van der Waals surface area contributed by atoms with Gasteiger partial charge in [0.2, 0.25) is 5.91 Å². The first-order chi connectivity index (χ1) is 3.85.